The molecule has 0 bridgehead atoms. The van der Waals surface area contributed by atoms with E-state index in [1.807, 2.05) is 0 Å². The fraction of sp³-hybridized carbons (Fsp3) is 0.0833. The van der Waals surface area contributed by atoms with Crippen molar-refractivity contribution in [1.82, 2.24) is 0 Å². The molecule has 0 fully saturated rings. The van der Waals surface area contributed by atoms with Crippen LogP contribution in [0, 0.1) is 0 Å². The van der Waals surface area contributed by atoms with Gasteiger partial charge >= 0.3 is 0 Å². The maximum absolute atomic E-state index is 11.6. The van der Waals surface area contributed by atoms with E-state index in [4.69, 9.17) is 16.0 Å². The van der Waals surface area contributed by atoms with Gasteiger partial charge in [-0.15, -0.1) is 12.6 Å². The van der Waals surface area contributed by atoms with E-state index in [0.717, 1.165) is 0 Å². The number of halogens is 1. The number of carbonyl (C=O) groups excluding carboxylic acids is 1. The van der Waals surface area contributed by atoms with Gasteiger partial charge < -0.3 is 9.73 Å². The lowest BCUT2D eigenvalue weighted by atomic mass is 10.1. The monoisotopic (exact) mass is 346 g/mol. The number of hydrogen-bond acceptors (Lipinski definition) is 5. The molecule has 0 radical (unpaired) electrons. The quantitative estimate of drug-likeness (QED) is 0.604. The molecule has 0 saturated carbocycles. The fourth-order valence-electron chi connectivity index (χ4n) is 1.68. The maximum atomic E-state index is 11.6. The Labute approximate surface area is 133 Å². The number of hydrogen-bond donors (Lipinski definition) is 4. The molecule has 1 aromatic carbocycles. The van der Waals surface area contributed by atoms with Gasteiger partial charge in [-0.1, -0.05) is 11.6 Å². The first-order valence-corrected chi connectivity index (χ1v) is 7.72. The molecule has 0 saturated heterocycles. The van der Waals surface area contributed by atoms with Crippen molar-refractivity contribution in [1.29, 1.82) is 0 Å². The molecule has 0 aliphatic rings. The molecule has 6 nitrogen and oxygen atoms in total. The van der Waals surface area contributed by atoms with Gasteiger partial charge in [0.1, 0.15) is 5.76 Å². The van der Waals surface area contributed by atoms with Crippen LogP contribution in [0.15, 0.2) is 34.9 Å². The third kappa shape index (κ3) is 4.16. The standard InChI is InChI=1S/C12H11ClN2O4S2/c13-9-5-10(14-6-7-2-1-3-19-7)8(12(16)20)4-11(9)15-21(17)18/h1-5,14,21H,6H2,(H,16,20)(H,15,17,18). The second-order valence-electron chi connectivity index (χ2n) is 3.98. The molecule has 1 aromatic heterocycles. The lowest BCUT2D eigenvalue weighted by molar-refractivity contribution is 0.109. The molecule has 9 heteroatoms. The van der Waals surface area contributed by atoms with Crippen molar-refractivity contribution in [2.24, 2.45) is 0 Å². The summed E-state index contributed by atoms with van der Waals surface area (Å²) >= 11 is 9.75. The number of furan rings is 1. The van der Waals surface area contributed by atoms with Gasteiger partial charge in [-0.3, -0.25) is 9.52 Å². The highest BCUT2D eigenvalue weighted by Crippen LogP contribution is 2.30. The van der Waals surface area contributed by atoms with Crippen LogP contribution in [0.2, 0.25) is 5.02 Å². The van der Waals surface area contributed by atoms with Crippen LogP contribution in [-0.2, 0) is 17.4 Å². The van der Waals surface area contributed by atoms with Crippen molar-refractivity contribution in [3.8, 4) is 0 Å². The Morgan fingerprint density at radius 2 is 2.10 bits per heavy atom. The maximum Gasteiger partial charge on any atom is 0.222 e. The summed E-state index contributed by atoms with van der Waals surface area (Å²) in [5.41, 5.74) is 0.755. The van der Waals surface area contributed by atoms with E-state index >= 15 is 0 Å². The number of thiol groups is 2. The van der Waals surface area contributed by atoms with Crippen LogP contribution in [0.4, 0.5) is 11.4 Å². The Morgan fingerprint density at radius 3 is 2.67 bits per heavy atom. The van der Waals surface area contributed by atoms with Crippen molar-refractivity contribution in [2.45, 2.75) is 6.54 Å². The first kappa shape index (κ1) is 15.7. The summed E-state index contributed by atoms with van der Waals surface area (Å²) < 4.78 is 28.7. The summed E-state index contributed by atoms with van der Waals surface area (Å²) in [6.07, 6.45) is 1.53. The van der Waals surface area contributed by atoms with Gasteiger partial charge in [-0.2, -0.15) is 0 Å². The van der Waals surface area contributed by atoms with Crippen molar-refractivity contribution in [2.75, 3.05) is 10.0 Å². The van der Waals surface area contributed by atoms with Crippen molar-refractivity contribution in [3.63, 3.8) is 0 Å². The van der Waals surface area contributed by atoms with Gasteiger partial charge in [0.15, 0.2) is 0 Å². The van der Waals surface area contributed by atoms with Gasteiger partial charge in [0.2, 0.25) is 16.0 Å². The molecule has 1 heterocycles. The normalized spacial score (nSPS) is 10.6. The minimum absolute atomic E-state index is 0.119. The smallest absolute Gasteiger partial charge is 0.222 e. The summed E-state index contributed by atoms with van der Waals surface area (Å²) in [7, 11) is -2.88. The van der Waals surface area contributed by atoms with E-state index in [2.05, 4.69) is 22.7 Å². The predicted octanol–water partition coefficient (Wildman–Crippen LogP) is 2.55. The molecular weight excluding hydrogens is 336 g/mol. The summed E-state index contributed by atoms with van der Waals surface area (Å²) in [5.74, 6) is 0.675. The summed E-state index contributed by atoms with van der Waals surface area (Å²) in [4.78, 5) is 11.6. The van der Waals surface area contributed by atoms with Crippen LogP contribution < -0.4 is 10.0 Å². The third-order valence-electron chi connectivity index (χ3n) is 2.58. The molecule has 2 aromatic rings. The van der Waals surface area contributed by atoms with E-state index in [1.165, 1.54) is 18.4 Å². The van der Waals surface area contributed by atoms with E-state index in [1.54, 1.807) is 12.1 Å². The second kappa shape index (κ2) is 6.88. The molecule has 0 amide bonds. The Bertz CT molecular complexity index is 721. The molecule has 21 heavy (non-hydrogen) atoms. The lowest BCUT2D eigenvalue weighted by Gasteiger charge is -2.12. The number of benzene rings is 1. The molecule has 0 atom stereocenters. The molecule has 0 aliphatic heterocycles. The zero-order chi connectivity index (χ0) is 15.4. The lowest BCUT2D eigenvalue weighted by Crippen LogP contribution is -2.06. The van der Waals surface area contributed by atoms with Gasteiger partial charge in [0.25, 0.3) is 0 Å². The first-order chi connectivity index (χ1) is 9.97. The molecule has 0 unspecified atom stereocenters. The predicted molar refractivity (Wildman–Crippen MR) is 84.7 cm³/mol. The summed E-state index contributed by atoms with van der Waals surface area (Å²) in [5, 5.41) is 2.64. The molecule has 0 spiro atoms. The van der Waals surface area contributed by atoms with E-state index < -0.39 is 16.0 Å². The van der Waals surface area contributed by atoms with E-state index in [0.29, 0.717) is 18.0 Å². The average Bonchev–Trinajstić information content (AvgIpc) is 2.91. The van der Waals surface area contributed by atoms with Crippen molar-refractivity contribution in [3.05, 3.63) is 46.9 Å². The summed E-state index contributed by atoms with van der Waals surface area (Å²) in [6.45, 7) is 0.347. The second-order valence-corrected chi connectivity index (χ2v) is 5.54. The van der Waals surface area contributed by atoms with Crippen LogP contribution in [0.3, 0.4) is 0 Å². The van der Waals surface area contributed by atoms with Crippen LogP contribution in [0.5, 0.6) is 0 Å². The molecule has 0 aliphatic carbocycles. The number of anilines is 2. The van der Waals surface area contributed by atoms with Gasteiger partial charge in [0.05, 0.1) is 29.1 Å². The number of carbonyl (C=O) groups is 1. The van der Waals surface area contributed by atoms with Gasteiger partial charge in [-0.05, 0) is 24.3 Å². The van der Waals surface area contributed by atoms with Crippen LogP contribution in [-0.4, -0.2) is 13.5 Å². The molecular formula is C12H11ClN2O4S2. The molecule has 2 N–H and O–H groups in total. The van der Waals surface area contributed by atoms with Crippen molar-refractivity contribution >= 4 is 51.6 Å². The van der Waals surface area contributed by atoms with Crippen molar-refractivity contribution < 1.29 is 17.6 Å². The topological polar surface area (TPSA) is 88.4 Å². The average molecular weight is 347 g/mol. The summed E-state index contributed by atoms with van der Waals surface area (Å²) in [6, 6.07) is 6.30. The SMILES string of the molecule is O=C(S)c1cc(N[SH](=O)=O)c(Cl)cc1NCc1ccco1. The minimum atomic E-state index is -2.88. The highest BCUT2D eigenvalue weighted by atomic mass is 35.5. The highest BCUT2D eigenvalue weighted by molar-refractivity contribution is 7.97. The van der Waals surface area contributed by atoms with Crippen LogP contribution in [0.25, 0.3) is 0 Å². The Balaban J connectivity index is 2.31. The highest BCUT2D eigenvalue weighted by Gasteiger charge is 2.13. The molecule has 2 rings (SSSR count). The Morgan fingerprint density at radius 1 is 1.33 bits per heavy atom. The van der Waals surface area contributed by atoms with E-state index in [9.17, 15) is 13.2 Å². The zero-order valence-corrected chi connectivity index (χ0v) is 13.0. The fourth-order valence-corrected chi connectivity index (χ4v) is 2.52. The number of rotatable bonds is 6. The van der Waals surface area contributed by atoms with Crippen LogP contribution >= 0.6 is 24.2 Å². The Kier molecular flexibility index (Phi) is 5.16. The van der Waals surface area contributed by atoms with Gasteiger partial charge in [0, 0.05) is 5.69 Å². The number of nitrogens with one attached hydrogen (secondary N) is 2. The first-order valence-electron chi connectivity index (χ1n) is 5.71. The van der Waals surface area contributed by atoms with Crippen LogP contribution in [0.1, 0.15) is 16.1 Å². The molecule has 112 valence electrons. The van der Waals surface area contributed by atoms with E-state index in [-0.39, 0.29) is 16.3 Å². The third-order valence-corrected chi connectivity index (χ3v) is 3.56. The Hall–Kier alpha value is -1.64. The largest absolute Gasteiger partial charge is 0.467 e. The minimum Gasteiger partial charge on any atom is -0.467 e. The zero-order valence-electron chi connectivity index (χ0n) is 10.5. The van der Waals surface area contributed by atoms with Gasteiger partial charge in [-0.25, -0.2) is 8.42 Å².